The van der Waals surface area contributed by atoms with Crippen molar-refractivity contribution >= 4 is 45.8 Å². The molecular weight excluding hydrogens is 397 g/mol. The number of carbonyl (C=O) groups is 1. The summed E-state index contributed by atoms with van der Waals surface area (Å²) < 4.78 is 0. The van der Waals surface area contributed by atoms with E-state index in [1.165, 1.54) is 0 Å². The molecule has 0 saturated heterocycles. The summed E-state index contributed by atoms with van der Waals surface area (Å²) in [6, 6.07) is 11.1. The molecule has 0 fully saturated rings. The second-order valence-corrected chi connectivity index (χ2v) is 7.39. The summed E-state index contributed by atoms with van der Waals surface area (Å²) in [6.45, 7) is 3.92. The van der Waals surface area contributed by atoms with Crippen LogP contribution < -0.4 is 10.9 Å². The summed E-state index contributed by atoms with van der Waals surface area (Å²) in [5, 5.41) is 4.01. The molecule has 2 heterocycles. The number of nitrogens with zero attached hydrogens (tertiary/aromatic N) is 1. The lowest BCUT2D eigenvalue weighted by Gasteiger charge is -2.24. The minimum atomic E-state index is -0.159. The smallest absolute Gasteiger partial charge is 0.270 e. The Morgan fingerprint density at radius 2 is 1.79 bits per heavy atom. The average molecular weight is 418 g/mol. The van der Waals surface area contributed by atoms with E-state index in [1.807, 2.05) is 38.1 Å². The molecule has 5 nitrogen and oxygen atoms in total. The third-order valence-electron chi connectivity index (χ3n) is 4.76. The van der Waals surface area contributed by atoms with Crippen molar-refractivity contribution in [3.63, 3.8) is 0 Å². The number of para-hydroxylation sites is 2. The highest BCUT2D eigenvalue weighted by Gasteiger charge is 2.25. The van der Waals surface area contributed by atoms with Crippen LogP contribution in [0.2, 0.25) is 10.0 Å². The molecule has 4 rings (SSSR count). The highest BCUT2D eigenvalue weighted by atomic mass is 35.5. The van der Waals surface area contributed by atoms with Crippen molar-refractivity contribution in [3.8, 4) is 0 Å². The van der Waals surface area contributed by atoms with Gasteiger partial charge in [-0.15, -0.1) is 0 Å². The number of hydrogen-bond donors (Lipinski definition) is 2. The van der Waals surface area contributed by atoms with E-state index in [4.69, 9.17) is 23.2 Å². The van der Waals surface area contributed by atoms with E-state index < -0.39 is 0 Å². The number of hydrogen-bond acceptors (Lipinski definition) is 3. The summed E-state index contributed by atoms with van der Waals surface area (Å²) in [5.74, 6) is 0.189. The first kappa shape index (κ1) is 20.4. The Morgan fingerprint density at radius 3 is 2.50 bits per heavy atom. The standard InChI is InChI=1S/C11H12ClNO.C10H9ClN2O/c1-2-7-6-8-4-3-5-9(12)10(8)13-11(7)14;1-2-7-10(14)13-9-6(11)4-3-5-8(9)12-7/h3-5,7H,2,6H2,1H3,(H,13,14);3-5H,2H2,1H3,(H,13,14). The van der Waals surface area contributed by atoms with Gasteiger partial charge in [-0.25, -0.2) is 4.98 Å². The molecule has 0 radical (unpaired) electrons. The summed E-state index contributed by atoms with van der Waals surface area (Å²) in [6.07, 6.45) is 2.30. The monoisotopic (exact) mass is 417 g/mol. The van der Waals surface area contributed by atoms with E-state index in [0.29, 0.717) is 27.7 Å². The van der Waals surface area contributed by atoms with Gasteiger partial charge >= 0.3 is 0 Å². The third-order valence-corrected chi connectivity index (χ3v) is 5.39. The zero-order chi connectivity index (χ0) is 20.3. The first-order chi connectivity index (χ1) is 13.4. The molecule has 1 aliphatic rings. The molecule has 2 aromatic carbocycles. The second kappa shape index (κ2) is 8.76. The van der Waals surface area contributed by atoms with Gasteiger partial charge in [0.25, 0.3) is 5.56 Å². The summed E-state index contributed by atoms with van der Waals surface area (Å²) in [4.78, 5) is 30.0. The van der Waals surface area contributed by atoms with Crippen molar-refractivity contribution in [1.82, 2.24) is 9.97 Å². The van der Waals surface area contributed by atoms with Crippen LogP contribution in [-0.2, 0) is 17.6 Å². The van der Waals surface area contributed by atoms with Gasteiger partial charge in [-0.1, -0.05) is 55.2 Å². The van der Waals surface area contributed by atoms with Crippen LogP contribution in [0.3, 0.4) is 0 Å². The van der Waals surface area contributed by atoms with Gasteiger partial charge in [-0.2, -0.15) is 0 Å². The highest BCUT2D eigenvalue weighted by Crippen LogP contribution is 2.32. The van der Waals surface area contributed by atoms with Crippen LogP contribution in [0.25, 0.3) is 11.0 Å². The number of benzene rings is 2. The Balaban J connectivity index is 0.000000161. The van der Waals surface area contributed by atoms with Crippen molar-refractivity contribution in [2.45, 2.75) is 33.1 Å². The number of fused-ring (bicyclic) bond motifs is 2. The first-order valence-corrected chi connectivity index (χ1v) is 9.95. The quantitative estimate of drug-likeness (QED) is 0.615. The number of carbonyl (C=O) groups excluding carboxylic acids is 1. The maximum Gasteiger partial charge on any atom is 0.270 e. The molecule has 1 amide bonds. The Bertz CT molecular complexity index is 1080. The molecule has 0 saturated carbocycles. The molecular formula is C21H21Cl2N3O2. The van der Waals surface area contributed by atoms with Gasteiger partial charge in [0.05, 0.1) is 26.8 Å². The number of nitrogens with one attached hydrogen (secondary N) is 2. The van der Waals surface area contributed by atoms with Gasteiger partial charge < -0.3 is 10.3 Å². The molecule has 2 N–H and O–H groups in total. The number of aryl methyl sites for hydroxylation is 1. The van der Waals surface area contributed by atoms with Crippen LogP contribution in [0.5, 0.6) is 0 Å². The number of aromatic nitrogens is 2. The molecule has 3 aromatic rings. The van der Waals surface area contributed by atoms with E-state index in [0.717, 1.165) is 29.6 Å². The molecule has 0 aliphatic carbocycles. The van der Waals surface area contributed by atoms with E-state index >= 15 is 0 Å². The fourth-order valence-electron chi connectivity index (χ4n) is 3.14. The van der Waals surface area contributed by atoms with Gasteiger partial charge in [-0.05, 0) is 43.0 Å². The summed E-state index contributed by atoms with van der Waals surface area (Å²) in [7, 11) is 0. The minimum absolute atomic E-state index is 0.0908. The maximum atomic E-state index is 11.6. The average Bonchev–Trinajstić information content (AvgIpc) is 2.69. The van der Waals surface area contributed by atoms with Crippen molar-refractivity contribution in [2.24, 2.45) is 5.92 Å². The van der Waals surface area contributed by atoms with Crippen LogP contribution in [0.15, 0.2) is 41.2 Å². The lowest BCUT2D eigenvalue weighted by Crippen LogP contribution is -2.29. The van der Waals surface area contributed by atoms with Crippen LogP contribution in [0, 0.1) is 5.92 Å². The molecule has 146 valence electrons. The Kier molecular flexibility index (Phi) is 6.37. The molecule has 1 unspecified atom stereocenters. The van der Waals surface area contributed by atoms with Crippen LogP contribution >= 0.6 is 23.2 Å². The first-order valence-electron chi connectivity index (χ1n) is 9.20. The van der Waals surface area contributed by atoms with Crippen LogP contribution in [0.1, 0.15) is 31.5 Å². The summed E-state index contributed by atoms with van der Waals surface area (Å²) >= 11 is 11.9. The number of amides is 1. The molecule has 1 aromatic heterocycles. The maximum absolute atomic E-state index is 11.6. The Morgan fingerprint density at radius 1 is 1.07 bits per heavy atom. The van der Waals surface area contributed by atoms with Crippen LogP contribution in [0.4, 0.5) is 5.69 Å². The van der Waals surface area contributed by atoms with Gasteiger partial charge in [0, 0.05) is 5.92 Å². The minimum Gasteiger partial charge on any atom is -0.324 e. The van der Waals surface area contributed by atoms with E-state index in [1.54, 1.807) is 12.1 Å². The molecule has 0 bridgehead atoms. The fraction of sp³-hybridized carbons (Fsp3) is 0.286. The van der Waals surface area contributed by atoms with Crippen LogP contribution in [-0.4, -0.2) is 15.9 Å². The van der Waals surface area contributed by atoms with Crippen molar-refractivity contribution in [1.29, 1.82) is 0 Å². The zero-order valence-corrected chi connectivity index (χ0v) is 17.2. The number of aromatic amines is 1. The molecule has 0 spiro atoms. The lowest BCUT2D eigenvalue weighted by atomic mass is 9.91. The van der Waals surface area contributed by atoms with Gasteiger partial charge in [0.15, 0.2) is 0 Å². The normalized spacial score (nSPS) is 15.4. The van der Waals surface area contributed by atoms with Crippen molar-refractivity contribution in [3.05, 3.63) is 68.1 Å². The van der Waals surface area contributed by atoms with Gasteiger partial charge in [-0.3, -0.25) is 9.59 Å². The number of rotatable bonds is 2. The fourth-order valence-corrected chi connectivity index (χ4v) is 3.60. The lowest BCUT2D eigenvalue weighted by molar-refractivity contribution is -0.120. The highest BCUT2D eigenvalue weighted by molar-refractivity contribution is 6.35. The molecule has 1 atom stereocenters. The molecule has 7 heteroatoms. The SMILES string of the molecule is CCC1Cc2cccc(Cl)c2NC1=O.CCc1nc2cccc(Cl)c2[nH]c1=O. The number of anilines is 1. The predicted molar refractivity (Wildman–Crippen MR) is 114 cm³/mol. The van der Waals surface area contributed by atoms with Crippen molar-refractivity contribution < 1.29 is 4.79 Å². The largest absolute Gasteiger partial charge is 0.324 e. The predicted octanol–water partition coefficient (Wildman–Crippen LogP) is 5.00. The van der Waals surface area contributed by atoms with Gasteiger partial charge in [0.2, 0.25) is 5.91 Å². The Hall–Kier alpha value is -2.37. The van der Waals surface area contributed by atoms with E-state index in [-0.39, 0.29) is 17.4 Å². The molecule has 1 aliphatic heterocycles. The number of halogens is 2. The van der Waals surface area contributed by atoms with E-state index in [2.05, 4.69) is 15.3 Å². The molecule has 28 heavy (non-hydrogen) atoms. The second-order valence-electron chi connectivity index (χ2n) is 6.57. The third kappa shape index (κ3) is 4.21. The summed E-state index contributed by atoms with van der Waals surface area (Å²) in [5.41, 5.74) is 3.66. The Labute approximate surface area is 173 Å². The number of H-pyrrole nitrogens is 1. The zero-order valence-electron chi connectivity index (χ0n) is 15.7. The van der Waals surface area contributed by atoms with Crippen molar-refractivity contribution in [2.75, 3.05) is 5.32 Å². The topological polar surface area (TPSA) is 74.8 Å². The van der Waals surface area contributed by atoms with E-state index in [9.17, 15) is 9.59 Å². The van der Waals surface area contributed by atoms with Gasteiger partial charge in [0.1, 0.15) is 5.69 Å².